The van der Waals surface area contributed by atoms with Crippen molar-refractivity contribution >= 4 is 27.6 Å². The first-order chi connectivity index (χ1) is 16.9. The minimum Gasteiger partial charge on any atom is -0.486 e. The second kappa shape index (κ2) is 9.76. The number of hydrogen-bond acceptors (Lipinski definition) is 7. The molecule has 1 saturated carbocycles. The van der Waals surface area contributed by atoms with Crippen LogP contribution in [0, 0.1) is 18.8 Å². The Morgan fingerprint density at radius 1 is 1.11 bits per heavy atom. The number of hydrogen-bond donors (Lipinski definition) is 0. The molecule has 2 aromatic carbocycles. The lowest BCUT2D eigenvalue weighted by Crippen LogP contribution is -2.45. The van der Waals surface area contributed by atoms with E-state index in [9.17, 15) is 18.0 Å². The Morgan fingerprint density at radius 3 is 2.44 bits per heavy atom. The van der Waals surface area contributed by atoms with Crippen LogP contribution in [0.2, 0.25) is 0 Å². The van der Waals surface area contributed by atoms with Crippen LogP contribution in [-0.2, 0) is 35.5 Å². The maximum Gasteiger partial charge on any atom is 0.310 e. The van der Waals surface area contributed by atoms with Crippen molar-refractivity contribution in [1.29, 1.82) is 0 Å². The zero-order valence-electron chi connectivity index (χ0n) is 21.3. The van der Waals surface area contributed by atoms with Gasteiger partial charge in [-0.2, -0.15) is 0 Å². The number of anilines is 1. The molecule has 1 aliphatic carbocycles. The molecule has 0 radical (unpaired) electrons. The van der Waals surface area contributed by atoms with Crippen LogP contribution in [0.5, 0.6) is 5.75 Å². The van der Waals surface area contributed by atoms with Crippen molar-refractivity contribution in [2.75, 3.05) is 17.5 Å². The summed E-state index contributed by atoms with van der Waals surface area (Å²) in [6, 6.07) is 11.7. The van der Waals surface area contributed by atoms with E-state index in [0.29, 0.717) is 30.0 Å². The van der Waals surface area contributed by atoms with Crippen molar-refractivity contribution in [1.82, 2.24) is 0 Å². The number of ether oxygens (including phenoxy) is 3. The Labute approximate surface area is 212 Å². The molecule has 194 valence electrons. The van der Waals surface area contributed by atoms with Crippen molar-refractivity contribution in [2.45, 2.75) is 64.1 Å². The van der Waals surface area contributed by atoms with E-state index in [1.54, 1.807) is 70.2 Å². The quantitative estimate of drug-likeness (QED) is 0.513. The lowest BCUT2D eigenvalue weighted by Gasteiger charge is -2.36. The van der Waals surface area contributed by atoms with Gasteiger partial charge in [-0.05, 0) is 70.9 Å². The highest BCUT2D eigenvalue weighted by Crippen LogP contribution is 2.48. The number of fused-ring (bicyclic) bond motifs is 1. The van der Waals surface area contributed by atoms with Crippen LogP contribution in [-0.4, -0.2) is 45.2 Å². The molecule has 4 rings (SSSR count). The molecule has 3 atom stereocenters. The molecule has 1 fully saturated rings. The molecule has 8 nitrogen and oxygen atoms in total. The summed E-state index contributed by atoms with van der Waals surface area (Å²) < 4.78 is 45.7. The van der Waals surface area contributed by atoms with Gasteiger partial charge in [-0.25, -0.2) is 8.42 Å². The summed E-state index contributed by atoms with van der Waals surface area (Å²) in [6.07, 6.45) is 0.0948. The summed E-state index contributed by atoms with van der Waals surface area (Å²) in [5.41, 5.74) is 1.30. The lowest BCUT2D eigenvalue weighted by molar-refractivity contribution is -0.154. The molecule has 0 aromatic heterocycles. The van der Waals surface area contributed by atoms with E-state index in [4.69, 9.17) is 14.2 Å². The molecule has 0 bridgehead atoms. The van der Waals surface area contributed by atoms with Gasteiger partial charge in [0.1, 0.15) is 17.5 Å². The monoisotopic (exact) mass is 515 g/mol. The smallest absolute Gasteiger partial charge is 0.310 e. The largest absolute Gasteiger partial charge is 0.486 e. The number of sulfonamides is 1. The van der Waals surface area contributed by atoms with Gasteiger partial charge in [0.05, 0.1) is 36.1 Å². The van der Waals surface area contributed by atoms with Gasteiger partial charge < -0.3 is 14.2 Å². The molecule has 1 heterocycles. The zero-order valence-corrected chi connectivity index (χ0v) is 22.1. The summed E-state index contributed by atoms with van der Waals surface area (Å²) in [7, 11) is -3.93. The molecule has 1 aliphatic heterocycles. The number of rotatable bonds is 7. The molecule has 2 aliphatic rings. The van der Waals surface area contributed by atoms with Crippen molar-refractivity contribution in [3.63, 3.8) is 0 Å². The highest BCUT2D eigenvalue weighted by atomic mass is 32.2. The second-order valence-electron chi connectivity index (χ2n) is 10.3. The number of carbonyl (C=O) groups excluding carboxylic acids is 2. The van der Waals surface area contributed by atoms with Crippen LogP contribution >= 0.6 is 0 Å². The Hall–Kier alpha value is -3.07. The normalized spacial score (nSPS) is 21.2. The second-order valence-corrected chi connectivity index (χ2v) is 12.2. The molecule has 3 unspecified atom stereocenters. The van der Waals surface area contributed by atoms with Gasteiger partial charge in [-0.1, -0.05) is 23.8 Å². The van der Waals surface area contributed by atoms with Gasteiger partial charge in [0.2, 0.25) is 0 Å². The summed E-state index contributed by atoms with van der Waals surface area (Å²) >= 11 is 0. The Kier molecular flexibility index (Phi) is 7.05. The lowest BCUT2D eigenvalue weighted by atomic mass is 10.1. The third-order valence-corrected chi connectivity index (χ3v) is 7.99. The standard InChI is InChI=1S/C27H33NO7S/c1-6-33-26(30)21-15-20(21)24-16-28(36(31,32)19-10-7-17(2)8-11-19)22-13-18(9-12-23(22)34-24)14-25(29)35-27(3,4)5/h7-13,20-21,24H,6,14-16H2,1-5H3. The average Bonchev–Trinajstić information content (AvgIpc) is 3.59. The van der Waals surface area contributed by atoms with Crippen molar-refractivity contribution in [3.05, 3.63) is 53.6 Å². The van der Waals surface area contributed by atoms with E-state index in [-0.39, 0.29) is 35.7 Å². The Morgan fingerprint density at radius 2 is 1.81 bits per heavy atom. The minimum absolute atomic E-state index is 0.0000443. The van der Waals surface area contributed by atoms with Crippen LogP contribution in [0.1, 0.15) is 45.2 Å². The van der Waals surface area contributed by atoms with E-state index in [2.05, 4.69) is 0 Å². The van der Waals surface area contributed by atoms with Crippen molar-refractivity contribution in [2.24, 2.45) is 11.8 Å². The number of nitrogens with zero attached hydrogens (tertiary/aromatic N) is 1. The Balaban J connectivity index is 1.67. The van der Waals surface area contributed by atoms with Crippen LogP contribution in [0.25, 0.3) is 0 Å². The van der Waals surface area contributed by atoms with Gasteiger partial charge in [0, 0.05) is 5.92 Å². The average molecular weight is 516 g/mol. The SMILES string of the molecule is CCOC(=O)C1CC1C1CN(S(=O)(=O)c2ccc(C)cc2)c2cc(CC(=O)OC(C)(C)C)ccc2O1. The summed E-state index contributed by atoms with van der Waals surface area (Å²) in [5, 5.41) is 0. The summed E-state index contributed by atoms with van der Waals surface area (Å²) in [4.78, 5) is 24.8. The van der Waals surface area contributed by atoms with E-state index in [1.807, 2.05) is 6.92 Å². The van der Waals surface area contributed by atoms with E-state index < -0.39 is 27.7 Å². The molecule has 2 aromatic rings. The fourth-order valence-electron chi connectivity index (χ4n) is 4.41. The van der Waals surface area contributed by atoms with Crippen LogP contribution in [0.4, 0.5) is 5.69 Å². The van der Waals surface area contributed by atoms with Crippen molar-refractivity contribution in [3.8, 4) is 5.75 Å². The predicted molar refractivity (Wildman–Crippen MR) is 134 cm³/mol. The molecule has 0 N–H and O–H groups in total. The first kappa shape index (κ1) is 26.0. The zero-order chi connectivity index (χ0) is 26.3. The first-order valence-corrected chi connectivity index (χ1v) is 13.6. The molecule has 36 heavy (non-hydrogen) atoms. The molecular formula is C27H33NO7S. The number of carbonyl (C=O) groups is 2. The Bertz CT molecular complexity index is 1250. The van der Waals surface area contributed by atoms with Gasteiger partial charge in [-0.3, -0.25) is 13.9 Å². The van der Waals surface area contributed by atoms with Crippen molar-refractivity contribution < 1.29 is 32.2 Å². The van der Waals surface area contributed by atoms with Gasteiger partial charge in [0.25, 0.3) is 10.0 Å². The topological polar surface area (TPSA) is 99.2 Å². The predicted octanol–water partition coefficient (Wildman–Crippen LogP) is 4.03. The number of aryl methyl sites for hydroxylation is 1. The van der Waals surface area contributed by atoms with Crippen LogP contribution in [0.15, 0.2) is 47.4 Å². The van der Waals surface area contributed by atoms with E-state index in [1.165, 1.54) is 4.31 Å². The maximum absolute atomic E-state index is 13.8. The molecule has 0 spiro atoms. The summed E-state index contributed by atoms with van der Waals surface area (Å²) in [5.74, 6) is -0.719. The third-order valence-electron chi connectivity index (χ3n) is 6.20. The highest BCUT2D eigenvalue weighted by molar-refractivity contribution is 7.92. The third kappa shape index (κ3) is 5.67. The fraction of sp³-hybridized carbons (Fsp3) is 0.481. The van der Waals surface area contributed by atoms with E-state index in [0.717, 1.165) is 5.56 Å². The number of esters is 2. The molecule has 0 saturated heterocycles. The van der Waals surface area contributed by atoms with Gasteiger partial charge in [-0.15, -0.1) is 0 Å². The van der Waals surface area contributed by atoms with Gasteiger partial charge >= 0.3 is 11.9 Å². The number of benzene rings is 2. The summed E-state index contributed by atoms with van der Waals surface area (Å²) in [6.45, 7) is 9.38. The van der Waals surface area contributed by atoms with Crippen LogP contribution in [0.3, 0.4) is 0 Å². The molecule has 0 amide bonds. The maximum atomic E-state index is 13.8. The minimum atomic E-state index is -3.93. The van der Waals surface area contributed by atoms with E-state index >= 15 is 0 Å². The molecular weight excluding hydrogens is 482 g/mol. The fourth-order valence-corrected chi connectivity index (χ4v) is 5.89. The molecule has 9 heteroatoms. The van der Waals surface area contributed by atoms with Crippen LogP contribution < -0.4 is 9.04 Å². The van der Waals surface area contributed by atoms with Gasteiger partial charge in [0.15, 0.2) is 0 Å². The first-order valence-electron chi connectivity index (χ1n) is 12.2. The highest BCUT2D eigenvalue weighted by Gasteiger charge is 2.52.